The topological polar surface area (TPSA) is 75.4 Å². The molecule has 1 amide bonds. The maximum Gasteiger partial charge on any atom is 0.257 e. The van der Waals surface area contributed by atoms with E-state index >= 15 is 0 Å². The zero-order valence-corrected chi connectivity index (χ0v) is 13.3. The molecule has 2 N–H and O–H groups in total. The van der Waals surface area contributed by atoms with E-state index in [0.29, 0.717) is 17.0 Å². The van der Waals surface area contributed by atoms with Gasteiger partial charge in [0.15, 0.2) is 0 Å². The number of nitrogens with one attached hydrogen (secondary N) is 1. The van der Waals surface area contributed by atoms with Crippen LogP contribution in [0.1, 0.15) is 27.8 Å². The van der Waals surface area contributed by atoms with Crippen LogP contribution in [0.5, 0.6) is 0 Å². The third kappa shape index (κ3) is 3.33. The van der Waals surface area contributed by atoms with Crippen molar-refractivity contribution < 1.29 is 14.4 Å². The first-order valence-corrected chi connectivity index (χ1v) is 8.11. The monoisotopic (exact) mass is 328 g/mol. The van der Waals surface area contributed by atoms with Crippen LogP contribution in [0.4, 0.5) is 0 Å². The number of hydrogen-bond donors (Lipinski definition) is 2. The second-order valence-corrected chi connectivity index (χ2v) is 5.89. The van der Waals surface area contributed by atoms with Crippen LogP contribution in [0, 0.1) is 6.92 Å². The summed E-state index contributed by atoms with van der Waals surface area (Å²) in [4.78, 5) is 12.5. The first kappa shape index (κ1) is 15.5. The van der Waals surface area contributed by atoms with Crippen molar-refractivity contribution in [3.8, 4) is 11.3 Å². The van der Waals surface area contributed by atoms with Gasteiger partial charge in [-0.05, 0) is 29.3 Å². The van der Waals surface area contributed by atoms with Crippen molar-refractivity contribution in [3.63, 3.8) is 0 Å². The molecule has 0 aliphatic heterocycles. The number of amides is 1. The van der Waals surface area contributed by atoms with E-state index in [1.165, 1.54) is 11.3 Å². The quantitative estimate of drug-likeness (QED) is 0.754. The van der Waals surface area contributed by atoms with Crippen LogP contribution in [-0.2, 0) is 0 Å². The van der Waals surface area contributed by atoms with Crippen LogP contribution in [-0.4, -0.2) is 22.7 Å². The van der Waals surface area contributed by atoms with Crippen LogP contribution < -0.4 is 5.32 Å². The van der Waals surface area contributed by atoms with E-state index < -0.39 is 6.10 Å². The zero-order chi connectivity index (χ0) is 16.2. The lowest BCUT2D eigenvalue weighted by molar-refractivity contribution is 0.0915. The minimum Gasteiger partial charge on any atom is -0.387 e. The summed E-state index contributed by atoms with van der Waals surface area (Å²) in [6.45, 7) is 1.83. The summed E-state index contributed by atoms with van der Waals surface area (Å²) in [5.41, 5.74) is 2.51. The van der Waals surface area contributed by atoms with Crippen molar-refractivity contribution in [2.45, 2.75) is 13.0 Å². The van der Waals surface area contributed by atoms with E-state index in [9.17, 15) is 9.90 Å². The molecule has 23 heavy (non-hydrogen) atoms. The molecule has 0 bridgehead atoms. The zero-order valence-electron chi connectivity index (χ0n) is 12.5. The Bertz CT molecular complexity index is 782. The van der Waals surface area contributed by atoms with Gasteiger partial charge in [-0.15, -0.1) is 0 Å². The molecule has 0 fully saturated rings. The average molecular weight is 328 g/mol. The minimum absolute atomic E-state index is 0.133. The van der Waals surface area contributed by atoms with Gasteiger partial charge in [0, 0.05) is 12.1 Å². The standard InChI is InChI=1S/C17H16N2O3S/c1-11-15(16(19-22-11)12-5-3-2-4-6-12)17(21)18-9-14(20)13-7-8-23-10-13/h2-8,10,14,20H,9H2,1H3,(H,18,21). The largest absolute Gasteiger partial charge is 0.387 e. The van der Waals surface area contributed by atoms with Crippen molar-refractivity contribution in [1.82, 2.24) is 10.5 Å². The Balaban J connectivity index is 1.76. The molecule has 0 radical (unpaired) electrons. The van der Waals surface area contributed by atoms with E-state index in [2.05, 4.69) is 10.5 Å². The van der Waals surface area contributed by atoms with Gasteiger partial charge in [0.25, 0.3) is 5.91 Å². The summed E-state index contributed by atoms with van der Waals surface area (Å²) in [6.07, 6.45) is -0.731. The molecule has 1 aromatic carbocycles. The fraction of sp³-hybridized carbons (Fsp3) is 0.176. The summed E-state index contributed by atoms with van der Waals surface area (Å²) in [7, 11) is 0. The Labute approximate surface area is 137 Å². The predicted octanol–water partition coefficient (Wildman–Crippen LogP) is 3.17. The number of carbonyl (C=O) groups is 1. The van der Waals surface area contributed by atoms with Gasteiger partial charge in [0.05, 0.1) is 6.10 Å². The second-order valence-electron chi connectivity index (χ2n) is 5.11. The number of aryl methyl sites for hydroxylation is 1. The number of aliphatic hydroxyl groups is 1. The SMILES string of the molecule is Cc1onc(-c2ccccc2)c1C(=O)NCC(O)c1ccsc1. The minimum atomic E-state index is -0.731. The number of aliphatic hydroxyl groups excluding tert-OH is 1. The highest BCUT2D eigenvalue weighted by Gasteiger charge is 2.22. The first-order valence-electron chi connectivity index (χ1n) is 7.17. The Hall–Kier alpha value is -2.44. The fourth-order valence-electron chi connectivity index (χ4n) is 2.29. The molecule has 6 heteroatoms. The molecule has 1 unspecified atom stereocenters. The maximum atomic E-state index is 12.5. The third-order valence-electron chi connectivity index (χ3n) is 3.52. The van der Waals surface area contributed by atoms with Gasteiger partial charge in [-0.2, -0.15) is 11.3 Å². The van der Waals surface area contributed by atoms with Crippen LogP contribution in [0.15, 0.2) is 51.7 Å². The van der Waals surface area contributed by atoms with Crippen LogP contribution >= 0.6 is 11.3 Å². The van der Waals surface area contributed by atoms with Gasteiger partial charge in [0.1, 0.15) is 17.0 Å². The lowest BCUT2D eigenvalue weighted by Crippen LogP contribution is -2.28. The molecule has 2 heterocycles. The van der Waals surface area contributed by atoms with E-state index in [-0.39, 0.29) is 12.5 Å². The first-order chi connectivity index (χ1) is 11.2. The molecule has 0 aliphatic rings. The van der Waals surface area contributed by atoms with Crippen LogP contribution in [0.3, 0.4) is 0 Å². The summed E-state index contributed by atoms with van der Waals surface area (Å²) in [5.74, 6) is 0.142. The highest BCUT2D eigenvalue weighted by atomic mass is 32.1. The molecule has 0 aliphatic carbocycles. The average Bonchev–Trinajstić information content (AvgIpc) is 3.23. The van der Waals surface area contributed by atoms with Gasteiger partial charge in [-0.3, -0.25) is 4.79 Å². The number of hydrogen-bond acceptors (Lipinski definition) is 5. The lowest BCUT2D eigenvalue weighted by atomic mass is 10.1. The van der Waals surface area contributed by atoms with E-state index in [1.54, 1.807) is 6.92 Å². The van der Waals surface area contributed by atoms with Crippen molar-refractivity contribution >= 4 is 17.2 Å². The molecular formula is C17H16N2O3S. The van der Waals surface area contributed by atoms with Crippen molar-refractivity contribution in [3.05, 3.63) is 64.0 Å². The molecule has 5 nitrogen and oxygen atoms in total. The molecule has 0 saturated carbocycles. The van der Waals surface area contributed by atoms with E-state index in [0.717, 1.165) is 11.1 Å². The molecule has 3 aromatic rings. The summed E-state index contributed by atoms with van der Waals surface area (Å²) in [6, 6.07) is 11.2. The molecule has 0 saturated heterocycles. The number of thiophene rings is 1. The number of benzene rings is 1. The maximum absolute atomic E-state index is 12.5. The van der Waals surface area contributed by atoms with Crippen molar-refractivity contribution in [1.29, 1.82) is 0 Å². The summed E-state index contributed by atoms with van der Waals surface area (Å²) < 4.78 is 5.18. The second kappa shape index (κ2) is 6.76. The Morgan fingerprint density at radius 3 is 2.83 bits per heavy atom. The molecule has 1 atom stereocenters. The number of nitrogens with zero attached hydrogens (tertiary/aromatic N) is 1. The summed E-state index contributed by atoms with van der Waals surface area (Å²) in [5, 5.41) is 20.5. The van der Waals surface area contributed by atoms with Gasteiger partial charge < -0.3 is 14.9 Å². The van der Waals surface area contributed by atoms with Crippen LogP contribution in [0.2, 0.25) is 0 Å². The number of rotatable bonds is 5. The Morgan fingerprint density at radius 1 is 1.35 bits per heavy atom. The van der Waals surface area contributed by atoms with Gasteiger partial charge in [-0.25, -0.2) is 0 Å². The lowest BCUT2D eigenvalue weighted by Gasteiger charge is -2.10. The Morgan fingerprint density at radius 2 is 2.13 bits per heavy atom. The van der Waals surface area contributed by atoms with E-state index in [4.69, 9.17) is 4.52 Å². The smallest absolute Gasteiger partial charge is 0.257 e. The number of carbonyl (C=O) groups excluding carboxylic acids is 1. The molecule has 3 rings (SSSR count). The third-order valence-corrected chi connectivity index (χ3v) is 4.22. The molecular weight excluding hydrogens is 312 g/mol. The summed E-state index contributed by atoms with van der Waals surface area (Å²) >= 11 is 1.50. The van der Waals surface area contributed by atoms with Gasteiger partial charge in [-0.1, -0.05) is 35.5 Å². The van der Waals surface area contributed by atoms with Crippen LogP contribution in [0.25, 0.3) is 11.3 Å². The molecule has 118 valence electrons. The van der Waals surface area contributed by atoms with Gasteiger partial charge >= 0.3 is 0 Å². The predicted molar refractivity (Wildman–Crippen MR) is 88.3 cm³/mol. The van der Waals surface area contributed by atoms with Gasteiger partial charge in [0.2, 0.25) is 0 Å². The molecule has 0 spiro atoms. The fourth-order valence-corrected chi connectivity index (χ4v) is 3.00. The van der Waals surface area contributed by atoms with Crippen molar-refractivity contribution in [2.24, 2.45) is 0 Å². The highest BCUT2D eigenvalue weighted by molar-refractivity contribution is 7.07. The Kier molecular flexibility index (Phi) is 4.55. The highest BCUT2D eigenvalue weighted by Crippen LogP contribution is 2.25. The normalized spacial score (nSPS) is 12.1. The molecule has 2 aromatic heterocycles. The van der Waals surface area contributed by atoms with E-state index in [1.807, 2.05) is 47.2 Å². The van der Waals surface area contributed by atoms with Crippen molar-refractivity contribution in [2.75, 3.05) is 6.54 Å². The number of aromatic nitrogens is 1.